The molecule has 1 fully saturated rings. The lowest BCUT2D eigenvalue weighted by Gasteiger charge is -2.14. The fourth-order valence-corrected chi connectivity index (χ4v) is 3.84. The van der Waals surface area contributed by atoms with E-state index in [2.05, 4.69) is 5.32 Å². The van der Waals surface area contributed by atoms with Crippen LogP contribution in [0.1, 0.15) is 11.1 Å². The first kappa shape index (κ1) is 24.1. The average molecular weight is 514 g/mol. The lowest BCUT2D eigenvalue weighted by Crippen LogP contribution is -2.30. The van der Waals surface area contributed by atoms with Crippen molar-refractivity contribution in [1.82, 2.24) is 5.32 Å². The van der Waals surface area contributed by atoms with Gasteiger partial charge in [-0.25, -0.2) is 9.69 Å². The molecule has 0 bridgehead atoms. The first-order chi connectivity index (χ1) is 16.8. The van der Waals surface area contributed by atoms with E-state index >= 15 is 0 Å². The predicted octanol–water partition coefficient (Wildman–Crippen LogP) is 5.59. The van der Waals surface area contributed by atoms with Crippen LogP contribution in [0, 0.1) is 10.1 Å². The van der Waals surface area contributed by atoms with Crippen molar-refractivity contribution < 1.29 is 24.0 Å². The maximum absolute atomic E-state index is 12.9. The molecule has 1 aliphatic heterocycles. The minimum atomic E-state index is -0.607. The predicted molar refractivity (Wildman–Crippen MR) is 131 cm³/mol. The third kappa shape index (κ3) is 5.21. The molecule has 1 aliphatic rings. The number of imide groups is 1. The summed E-state index contributed by atoms with van der Waals surface area (Å²) in [5.74, 6) is 0.0117. The molecule has 1 heterocycles. The zero-order valence-corrected chi connectivity index (χ0v) is 19.7. The summed E-state index contributed by atoms with van der Waals surface area (Å²) in [7, 11) is 1.44. The Morgan fingerprint density at radius 1 is 1.09 bits per heavy atom. The number of nitro groups is 1. The summed E-state index contributed by atoms with van der Waals surface area (Å²) in [5.41, 5.74) is 1.55. The number of halogens is 2. The number of nitro benzene ring substituents is 1. The van der Waals surface area contributed by atoms with Crippen LogP contribution in [0.2, 0.25) is 10.0 Å². The number of benzene rings is 3. The Morgan fingerprint density at radius 3 is 2.49 bits per heavy atom. The normalized spacial score (nSPS) is 14.3. The number of amides is 3. The zero-order valence-electron chi connectivity index (χ0n) is 18.2. The van der Waals surface area contributed by atoms with Crippen molar-refractivity contribution in [1.29, 1.82) is 0 Å². The molecule has 9 nitrogen and oxygen atoms in total. The summed E-state index contributed by atoms with van der Waals surface area (Å²) in [6.07, 6.45) is 1.47. The van der Waals surface area contributed by atoms with Crippen LogP contribution in [0.15, 0.2) is 66.4 Å². The smallest absolute Gasteiger partial charge is 0.333 e. The first-order valence-electron chi connectivity index (χ1n) is 10.1. The molecule has 4 rings (SSSR count). The molecule has 178 valence electrons. The number of carbonyl (C=O) groups is 2. The van der Waals surface area contributed by atoms with E-state index in [1.165, 1.54) is 31.4 Å². The lowest BCUT2D eigenvalue weighted by molar-refractivity contribution is -0.384. The fraction of sp³-hybridized carbons (Fsp3) is 0.0833. The largest absolute Gasteiger partial charge is 0.493 e. The van der Waals surface area contributed by atoms with E-state index in [9.17, 15) is 19.7 Å². The molecule has 3 aromatic carbocycles. The number of non-ortho nitro benzene ring substituents is 1. The third-order valence-electron chi connectivity index (χ3n) is 5.04. The Labute approximate surface area is 209 Å². The second-order valence-electron chi connectivity index (χ2n) is 7.35. The van der Waals surface area contributed by atoms with Crippen molar-refractivity contribution in [3.63, 3.8) is 0 Å². The molecule has 0 atom stereocenters. The minimum absolute atomic E-state index is 0.0239. The van der Waals surface area contributed by atoms with Gasteiger partial charge in [0, 0.05) is 17.2 Å². The van der Waals surface area contributed by atoms with Gasteiger partial charge in [0.1, 0.15) is 12.3 Å². The molecule has 0 aliphatic carbocycles. The Kier molecular flexibility index (Phi) is 6.90. The van der Waals surface area contributed by atoms with Gasteiger partial charge in [-0.15, -0.1) is 0 Å². The Bertz CT molecular complexity index is 1360. The monoisotopic (exact) mass is 513 g/mol. The number of urea groups is 1. The summed E-state index contributed by atoms with van der Waals surface area (Å²) >= 11 is 12.4. The van der Waals surface area contributed by atoms with Gasteiger partial charge in [0.2, 0.25) is 0 Å². The van der Waals surface area contributed by atoms with Crippen molar-refractivity contribution in [3.05, 3.63) is 97.6 Å². The molecule has 0 aromatic heterocycles. The van der Waals surface area contributed by atoms with Crippen LogP contribution in [-0.2, 0) is 11.4 Å². The second-order valence-corrected chi connectivity index (χ2v) is 8.20. The van der Waals surface area contributed by atoms with Crippen LogP contribution in [0.3, 0.4) is 0 Å². The van der Waals surface area contributed by atoms with Crippen molar-refractivity contribution >= 4 is 52.6 Å². The van der Waals surface area contributed by atoms with Crippen LogP contribution >= 0.6 is 23.2 Å². The lowest BCUT2D eigenvalue weighted by atomic mass is 10.1. The Hall–Kier alpha value is -4.08. The van der Waals surface area contributed by atoms with Gasteiger partial charge in [0.15, 0.2) is 11.5 Å². The van der Waals surface area contributed by atoms with Gasteiger partial charge in [-0.05, 0) is 59.7 Å². The van der Waals surface area contributed by atoms with Gasteiger partial charge in [-0.2, -0.15) is 0 Å². The number of ether oxygens (including phenoxy) is 2. The molecule has 1 N–H and O–H groups in total. The highest BCUT2D eigenvalue weighted by Gasteiger charge is 2.35. The van der Waals surface area contributed by atoms with E-state index in [-0.39, 0.29) is 28.8 Å². The molecule has 35 heavy (non-hydrogen) atoms. The van der Waals surface area contributed by atoms with Gasteiger partial charge in [0.05, 0.1) is 22.7 Å². The molecule has 3 amide bonds. The first-order valence-corrected chi connectivity index (χ1v) is 10.9. The fourth-order valence-electron chi connectivity index (χ4n) is 3.38. The molecule has 11 heteroatoms. The van der Waals surface area contributed by atoms with E-state index < -0.39 is 16.9 Å². The number of hydrogen-bond donors (Lipinski definition) is 1. The Balaban J connectivity index is 1.55. The van der Waals surface area contributed by atoms with Crippen LogP contribution in [0.5, 0.6) is 11.5 Å². The van der Waals surface area contributed by atoms with Crippen LogP contribution in [0.25, 0.3) is 6.08 Å². The van der Waals surface area contributed by atoms with Crippen molar-refractivity contribution in [2.24, 2.45) is 0 Å². The highest BCUT2D eigenvalue weighted by molar-refractivity contribution is 6.33. The number of methoxy groups -OCH3 is 1. The molecular weight excluding hydrogens is 497 g/mol. The summed E-state index contributed by atoms with van der Waals surface area (Å²) in [4.78, 5) is 36.6. The van der Waals surface area contributed by atoms with Crippen LogP contribution in [-0.4, -0.2) is 24.0 Å². The average Bonchev–Trinajstić information content (AvgIpc) is 3.10. The van der Waals surface area contributed by atoms with Gasteiger partial charge in [0.25, 0.3) is 11.6 Å². The second kappa shape index (κ2) is 10.0. The van der Waals surface area contributed by atoms with Crippen molar-refractivity contribution in [3.8, 4) is 11.5 Å². The number of rotatable bonds is 7. The highest BCUT2D eigenvalue weighted by Crippen LogP contribution is 2.38. The molecule has 3 aromatic rings. The molecule has 0 radical (unpaired) electrons. The summed E-state index contributed by atoms with van der Waals surface area (Å²) in [5, 5.41) is 13.9. The molecule has 0 saturated carbocycles. The summed E-state index contributed by atoms with van der Waals surface area (Å²) in [6, 6.07) is 14.9. The quantitative estimate of drug-likeness (QED) is 0.191. The number of carbonyl (C=O) groups excluding carboxylic acids is 2. The highest BCUT2D eigenvalue weighted by atomic mass is 35.5. The number of hydrogen-bond acceptors (Lipinski definition) is 6. The van der Waals surface area contributed by atoms with Crippen LogP contribution in [0.4, 0.5) is 16.2 Å². The maximum atomic E-state index is 12.9. The van der Waals surface area contributed by atoms with Gasteiger partial charge in [-0.3, -0.25) is 14.9 Å². The maximum Gasteiger partial charge on any atom is 0.333 e. The summed E-state index contributed by atoms with van der Waals surface area (Å²) in [6.45, 7) is 0.0949. The van der Waals surface area contributed by atoms with Crippen molar-refractivity contribution in [2.75, 3.05) is 12.0 Å². The zero-order chi connectivity index (χ0) is 25.1. The number of anilines is 1. The third-order valence-corrected chi connectivity index (χ3v) is 5.55. The van der Waals surface area contributed by atoms with E-state index in [1.54, 1.807) is 42.5 Å². The van der Waals surface area contributed by atoms with E-state index in [0.717, 1.165) is 4.90 Å². The molecular formula is C24H17Cl2N3O6. The number of nitrogens with one attached hydrogen (secondary N) is 1. The van der Waals surface area contributed by atoms with E-state index in [0.29, 0.717) is 27.6 Å². The van der Waals surface area contributed by atoms with Gasteiger partial charge >= 0.3 is 6.03 Å². The molecule has 1 saturated heterocycles. The van der Waals surface area contributed by atoms with E-state index in [1.807, 2.05) is 0 Å². The topological polar surface area (TPSA) is 111 Å². The molecule has 0 spiro atoms. The number of nitrogens with zero attached hydrogens (tertiary/aromatic N) is 2. The Morgan fingerprint density at radius 2 is 1.83 bits per heavy atom. The van der Waals surface area contributed by atoms with Gasteiger partial charge < -0.3 is 14.8 Å². The minimum Gasteiger partial charge on any atom is -0.493 e. The summed E-state index contributed by atoms with van der Waals surface area (Å²) < 4.78 is 11.2. The van der Waals surface area contributed by atoms with Gasteiger partial charge in [-0.1, -0.05) is 29.3 Å². The SMILES string of the molecule is COc1cc(/C=C2/NC(=O)N(c3cccc(Cl)c3)C2=O)cc(Cl)c1OCc1ccc([N+](=O)[O-])cc1. The standard InChI is InChI=1S/C24H17Cl2N3O6/c1-34-21-11-15(9-19(26)22(21)35-13-14-5-7-17(8-6-14)29(32)33)10-20-23(30)28(24(31)27-20)18-4-2-3-16(25)12-18/h2-12H,13H2,1H3,(H,27,31)/b20-10+. The van der Waals surface area contributed by atoms with Crippen LogP contribution < -0.4 is 19.7 Å². The molecule has 0 unspecified atom stereocenters. The van der Waals surface area contributed by atoms with E-state index in [4.69, 9.17) is 32.7 Å². The van der Waals surface area contributed by atoms with Crippen molar-refractivity contribution in [2.45, 2.75) is 6.61 Å².